The van der Waals surface area contributed by atoms with Gasteiger partial charge in [0.1, 0.15) is 17.2 Å². The van der Waals surface area contributed by atoms with E-state index in [0.717, 1.165) is 17.7 Å². The fourth-order valence-electron chi connectivity index (χ4n) is 3.27. The lowest BCUT2D eigenvalue weighted by atomic mass is 10.1. The van der Waals surface area contributed by atoms with Crippen LogP contribution in [0.2, 0.25) is 0 Å². The zero-order chi connectivity index (χ0) is 18.1. The Kier molecular flexibility index (Phi) is 4.08. The zero-order valence-electron chi connectivity index (χ0n) is 14.7. The molecule has 1 aromatic heterocycles. The maximum absolute atomic E-state index is 12.9. The van der Waals surface area contributed by atoms with Crippen molar-refractivity contribution in [3.63, 3.8) is 0 Å². The summed E-state index contributed by atoms with van der Waals surface area (Å²) < 4.78 is 10.7. The van der Waals surface area contributed by atoms with E-state index < -0.39 is 0 Å². The van der Waals surface area contributed by atoms with Gasteiger partial charge in [0, 0.05) is 23.9 Å². The predicted molar refractivity (Wildman–Crippen MR) is 99.0 cm³/mol. The number of carbonyl (C=O) groups is 1. The van der Waals surface area contributed by atoms with E-state index in [1.54, 1.807) is 31.3 Å². The zero-order valence-corrected chi connectivity index (χ0v) is 14.7. The lowest BCUT2D eigenvalue weighted by Crippen LogP contribution is -2.29. The first-order valence-electron chi connectivity index (χ1n) is 8.39. The molecule has 1 aliphatic rings. The number of benzene rings is 2. The number of hydrogen-bond donors (Lipinski definition) is 1. The Morgan fingerprint density at radius 2 is 1.96 bits per heavy atom. The second-order valence-corrected chi connectivity index (χ2v) is 6.07. The average molecular weight is 349 g/mol. The third-order valence-electron chi connectivity index (χ3n) is 4.63. The van der Waals surface area contributed by atoms with Gasteiger partial charge >= 0.3 is 0 Å². The van der Waals surface area contributed by atoms with Gasteiger partial charge in [-0.05, 0) is 36.2 Å². The van der Waals surface area contributed by atoms with Gasteiger partial charge in [0.2, 0.25) is 0 Å². The van der Waals surface area contributed by atoms with Crippen LogP contribution in [0, 0.1) is 0 Å². The number of rotatable bonds is 4. The van der Waals surface area contributed by atoms with Crippen LogP contribution in [0.15, 0.2) is 48.5 Å². The summed E-state index contributed by atoms with van der Waals surface area (Å²) in [7, 11) is 3.20. The molecule has 132 valence electrons. The van der Waals surface area contributed by atoms with Crippen LogP contribution in [0.4, 0.5) is 5.69 Å². The molecule has 6 heteroatoms. The summed E-state index contributed by atoms with van der Waals surface area (Å²) >= 11 is 0. The normalized spacial score (nSPS) is 12.8. The van der Waals surface area contributed by atoms with Crippen molar-refractivity contribution in [2.45, 2.75) is 6.42 Å². The molecule has 2 aromatic carbocycles. The van der Waals surface area contributed by atoms with Gasteiger partial charge in [0.25, 0.3) is 5.91 Å². The molecule has 0 atom stereocenters. The number of fused-ring (bicyclic) bond motifs is 1. The number of anilines is 1. The maximum Gasteiger partial charge on any atom is 0.276 e. The van der Waals surface area contributed by atoms with Gasteiger partial charge < -0.3 is 14.4 Å². The number of nitrogens with one attached hydrogen (secondary N) is 1. The van der Waals surface area contributed by atoms with Crippen LogP contribution in [0.3, 0.4) is 0 Å². The molecule has 0 unspecified atom stereocenters. The average Bonchev–Trinajstić information content (AvgIpc) is 3.34. The lowest BCUT2D eigenvalue weighted by molar-refractivity contribution is 0.0984. The molecule has 0 radical (unpaired) electrons. The Labute approximate surface area is 151 Å². The summed E-state index contributed by atoms with van der Waals surface area (Å²) in [6.07, 6.45) is 0.870. The number of ether oxygens (including phenoxy) is 2. The van der Waals surface area contributed by atoms with E-state index in [-0.39, 0.29) is 5.91 Å². The largest absolute Gasteiger partial charge is 0.497 e. The summed E-state index contributed by atoms with van der Waals surface area (Å²) in [6, 6.07) is 15.2. The van der Waals surface area contributed by atoms with Gasteiger partial charge in [0.05, 0.1) is 19.9 Å². The topological polar surface area (TPSA) is 67.5 Å². The molecule has 3 aromatic rings. The van der Waals surface area contributed by atoms with Crippen LogP contribution >= 0.6 is 0 Å². The first kappa shape index (κ1) is 16.2. The lowest BCUT2D eigenvalue weighted by Gasteiger charge is -2.15. The van der Waals surface area contributed by atoms with Crippen molar-refractivity contribution in [3.8, 4) is 22.8 Å². The van der Waals surface area contributed by atoms with E-state index in [4.69, 9.17) is 9.47 Å². The summed E-state index contributed by atoms with van der Waals surface area (Å²) in [5.74, 6) is 1.26. The Morgan fingerprint density at radius 3 is 2.77 bits per heavy atom. The van der Waals surface area contributed by atoms with Crippen LogP contribution in [0.5, 0.6) is 11.5 Å². The summed E-state index contributed by atoms with van der Waals surface area (Å²) in [5, 5.41) is 7.17. The highest BCUT2D eigenvalue weighted by atomic mass is 16.5. The molecule has 0 spiro atoms. The molecule has 0 fully saturated rings. The number of carbonyl (C=O) groups excluding carboxylic acids is 1. The minimum Gasteiger partial charge on any atom is -0.497 e. The van der Waals surface area contributed by atoms with Crippen molar-refractivity contribution in [3.05, 3.63) is 59.8 Å². The van der Waals surface area contributed by atoms with Crippen molar-refractivity contribution in [1.29, 1.82) is 0 Å². The Balaban J connectivity index is 1.64. The Hall–Kier alpha value is -3.28. The van der Waals surface area contributed by atoms with Crippen LogP contribution in [-0.4, -0.2) is 36.9 Å². The quantitative estimate of drug-likeness (QED) is 0.785. The molecular weight excluding hydrogens is 330 g/mol. The maximum atomic E-state index is 12.9. The van der Waals surface area contributed by atoms with Gasteiger partial charge in [-0.1, -0.05) is 18.2 Å². The molecular formula is C20H19N3O3. The van der Waals surface area contributed by atoms with E-state index in [0.29, 0.717) is 29.4 Å². The molecule has 26 heavy (non-hydrogen) atoms. The number of methoxy groups -OCH3 is 2. The number of hydrogen-bond acceptors (Lipinski definition) is 4. The number of aromatic amines is 1. The molecule has 1 aliphatic heterocycles. The highest BCUT2D eigenvalue weighted by Gasteiger charge is 2.26. The first-order valence-corrected chi connectivity index (χ1v) is 8.39. The molecule has 1 N–H and O–H groups in total. The molecule has 0 aliphatic carbocycles. The van der Waals surface area contributed by atoms with E-state index in [2.05, 4.69) is 16.3 Å². The van der Waals surface area contributed by atoms with Gasteiger partial charge in [0.15, 0.2) is 0 Å². The summed E-state index contributed by atoms with van der Waals surface area (Å²) in [6.45, 7) is 0.679. The second kappa shape index (κ2) is 6.55. The SMILES string of the molecule is COc1ccc(-c2cc(C(=O)N3CCc4ccccc43)[nH]n2)c(OC)c1. The molecule has 4 rings (SSSR count). The Bertz CT molecular complexity index is 964. The molecule has 6 nitrogen and oxygen atoms in total. The van der Waals surface area contributed by atoms with Crippen molar-refractivity contribution in [1.82, 2.24) is 10.2 Å². The van der Waals surface area contributed by atoms with Crippen molar-refractivity contribution < 1.29 is 14.3 Å². The van der Waals surface area contributed by atoms with E-state index in [9.17, 15) is 4.79 Å². The summed E-state index contributed by atoms with van der Waals surface area (Å²) in [5.41, 5.74) is 4.06. The van der Waals surface area contributed by atoms with Crippen LogP contribution < -0.4 is 14.4 Å². The smallest absolute Gasteiger partial charge is 0.276 e. The minimum absolute atomic E-state index is 0.0822. The van der Waals surface area contributed by atoms with Gasteiger partial charge in [-0.3, -0.25) is 9.89 Å². The summed E-state index contributed by atoms with van der Waals surface area (Å²) in [4.78, 5) is 14.7. The third kappa shape index (κ3) is 2.69. The highest BCUT2D eigenvalue weighted by molar-refractivity contribution is 6.06. The van der Waals surface area contributed by atoms with Crippen LogP contribution in [-0.2, 0) is 6.42 Å². The van der Waals surface area contributed by atoms with Crippen LogP contribution in [0.25, 0.3) is 11.3 Å². The fourth-order valence-corrected chi connectivity index (χ4v) is 3.27. The van der Waals surface area contributed by atoms with Gasteiger partial charge in [-0.15, -0.1) is 0 Å². The second-order valence-electron chi connectivity index (χ2n) is 6.07. The third-order valence-corrected chi connectivity index (χ3v) is 4.63. The first-order chi connectivity index (χ1) is 12.7. The standard InChI is InChI=1S/C20H19N3O3/c1-25-14-7-8-15(19(11-14)26-2)16-12-17(22-21-16)20(24)23-10-9-13-5-3-4-6-18(13)23/h3-8,11-12H,9-10H2,1-2H3,(H,21,22). The van der Waals surface area contributed by atoms with Gasteiger partial charge in [-0.2, -0.15) is 5.10 Å². The van der Waals surface area contributed by atoms with E-state index in [1.807, 2.05) is 30.3 Å². The molecule has 1 amide bonds. The number of para-hydroxylation sites is 1. The van der Waals surface area contributed by atoms with Crippen molar-refractivity contribution in [2.24, 2.45) is 0 Å². The van der Waals surface area contributed by atoms with E-state index >= 15 is 0 Å². The predicted octanol–water partition coefficient (Wildman–Crippen LogP) is 3.30. The van der Waals surface area contributed by atoms with Crippen molar-refractivity contribution >= 4 is 11.6 Å². The Morgan fingerprint density at radius 1 is 1.12 bits per heavy atom. The van der Waals surface area contributed by atoms with E-state index in [1.165, 1.54) is 5.56 Å². The monoisotopic (exact) mass is 349 g/mol. The fraction of sp³-hybridized carbons (Fsp3) is 0.200. The van der Waals surface area contributed by atoms with Crippen LogP contribution in [0.1, 0.15) is 16.1 Å². The molecule has 0 bridgehead atoms. The minimum atomic E-state index is -0.0822. The highest BCUT2D eigenvalue weighted by Crippen LogP contribution is 2.33. The number of aromatic nitrogens is 2. The molecule has 0 saturated carbocycles. The van der Waals surface area contributed by atoms with Crippen molar-refractivity contribution in [2.75, 3.05) is 25.7 Å². The number of nitrogens with zero attached hydrogens (tertiary/aromatic N) is 2. The van der Waals surface area contributed by atoms with Gasteiger partial charge in [-0.25, -0.2) is 0 Å². The molecule has 2 heterocycles. The molecule has 0 saturated heterocycles. The number of amides is 1. The number of H-pyrrole nitrogens is 1.